The molecular formula is C27H28ClN3O4S. The number of hydrogen-bond acceptors (Lipinski definition) is 6. The quantitative estimate of drug-likeness (QED) is 0.560. The van der Waals surface area contributed by atoms with E-state index in [2.05, 4.69) is 22.0 Å². The van der Waals surface area contributed by atoms with Gasteiger partial charge in [-0.3, -0.25) is 0 Å². The van der Waals surface area contributed by atoms with E-state index in [1.165, 1.54) is 4.31 Å². The Kier molecular flexibility index (Phi) is 7.41. The first kappa shape index (κ1) is 24.9. The van der Waals surface area contributed by atoms with E-state index in [1.807, 2.05) is 30.4 Å². The summed E-state index contributed by atoms with van der Waals surface area (Å²) in [5.41, 5.74) is 2.93. The van der Waals surface area contributed by atoms with Crippen LogP contribution in [0.2, 0.25) is 5.02 Å². The van der Waals surface area contributed by atoms with Crippen LogP contribution in [-0.4, -0.2) is 68.5 Å². The lowest BCUT2D eigenvalue weighted by Crippen LogP contribution is -2.48. The number of allylic oxidation sites excluding steroid dienone is 4. The zero-order chi connectivity index (χ0) is 25.1. The van der Waals surface area contributed by atoms with Crippen LogP contribution >= 0.6 is 11.6 Å². The number of fused-ring (bicyclic) bond motifs is 2. The van der Waals surface area contributed by atoms with Gasteiger partial charge in [-0.05, 0) is 48.4 Å². The minimum Gasteiger partial charge on any atom is -0.438 e. The summed E-state index contributed by atoms with van der Waals surface area (Å²) in [4.78, 5) is 6.90. The molecule has 0 N–H and O–H groups in total. The van der Waals surface area contributed by atoms with Gasteiger partial charge in [0.25, 0.3) is 0 Å². The Balaban J connectivity index is 1.27. The summed E-state index contributed by atoms with van der Waals surface area (Å²) in [5, 5.41) is 0.255. The number of piperazine rings is 1. The van der Waals surface area contributed by atoms with Crippen molar-refractivity contribution in [2.45, 2.75) is 17.4 Å². The predicted octanol–water partition coefficient (Wildman–Crippen LogP) is 4.30. The SMILES string of the molecule is COC1C=CC=C2Oc3ncccc3C(=CCCN3CCN(S(=O)(=O)c4ccccc4Cl)CC3)C=C21. The van der Waals surface area contributed by atoms with Crippen LogP contribution in [0, 0.1) is 0 Å². The molecule has 3 heterocycles. The van der Waals surface area contributed by atoms with E-state index in [0.29, 0.717) is 32.1 Å². The molecule has 1 aromatic heterocycles. The van der Waals surface area contributed by atoms with Crippen LogP contribution in [0.5, 0.6) is 5.88 Å². The van der Waals surface area contributed by atoms with Crippen LogP contribution in [0.25, 0.3) is 5.57 Å². The standard InChI is InChI=1S/C27H28ClN3O4S/c1-34-24-10-4-11-25-22(24)19-20(21-8-5-13-29-27(21)35-25)7-6-14-30-15-17-31(18-16-30)36(32,33)26-12-3-2-9-23(26)28/h2-5,7-13,19,24H,6,14-18H2,1H3. The molecule has 0 amide bonds. The Morgan fingerprint density at radius 3 is 2.75 bits per heavy atom. The molecule has 0 saturated carbocycles. The molecule has 2 aliphatic heterocycles. The normalized spacial score (nSPS) is 21.7. The molecule has 1 unspecified atom stereocenters. The Morgan fingerprint density at radius 2 is 1.97 bits per heavy atom. The maximum absolute atomic E-state index is 13.0. The Hall–Kier alpha value is -2.75. The highest BCUT2D eigenvalue weighted by molar-refractivity contribution is 7.89. The Bertz CT molecular complexity index is 1360. The number of benzene rings is 1. The summed E-state index contributed by atoms with van der Waals surface area (Å²) in [6.07, 6.45) is 12.5. The second-order valence-electron chi connectivity index (χ2n) is 8.75. The number of sulfonamides is 1. The lowest BCUT2D eigenvalue weighted by Gasteiger charge is -2.34. The summed E-state index contributed by atoms with van der Waals surface area (Å²) < 4.78 is 39.3. The minimum atomic E-state index is -3.60. The zero-order valence-electron chi connectivity index (χ0n) is 20.0. The third kappa shape index (κ3) is 5.05. The largest absolute Gasteiger partial charge is 0.438 e. The fraction of sp³-hybridized carbons (Fsp3) is 0.296. The van der Waals surface area contributed by atoms with Gasteiger partial charge in [0.1, 0.15) is 16.8 Å². The number of hydrogen-bond donors (Lipinski definition) is 0. The maximum atomic E-state index is 13.0. The smallest absolute Gasteiger partial charge is 0.244 e. The van der Waals surface area contributed by atoms with E-state index in [1.54, 1.807) is 37.6 Å². The van der Waals surface area contributed by atoms with E-state index in [0.717, 1.165) is 35.4 Å². The molecule has 9 heteroatoms. The molecular weight excluding hydrogens is 498 g/mol. The number of pyridine rings is 1. The first-order valence-electron chi connectivity index (χ1n) is 11.9. The number of ether oxygens (including phenoxy) is 2. The second-order valence-corrected chi connectivity index (χ2v) is 11.1. The maximum Gasteiger partial charge on any atom is 0.244 e. The number of halogens is 1. The Labute approximate surface area is 217 Å². The average Bonchev–Trinajstić information content (AvgIpc) is 3.05. The molecule has 2 aromatic rings. The van der Waals surface area contributed by atoms with Crippen LogP contribution < -0.4 is 4.74 Å². The molecule has 3 aliphatic rings. The van der Waals surface area contributed by atoms with Crippen LogP contribution in [0.3, 0.4) is 0 Å². The molecule has 0 radical (unpaired) electrons. The molecule has 7 nitrogen and oxygen atoms in total. The van der Waals surface area contributed by atoms with Crippen LogP contribution in [0.4, 0.5) is 0 Å². The van der Waals surface area contributed by atoms with Crippen molar-refractivity contribution in [2.75, 3.05) is 39.8 Å². The first-order chi connectivity index (χ1) is 17.5. The topological polar surface area (TPSA) is 72.0 Å². The van der Waals surface area contributed by atoms with Gasteiger partial charge < -0.3 is 14.4 Å². The second kappa shape index (κ2) is 10.7. The van der Waals surface area contributed by atoms with Gasteiger partial charge in [-0.2, -0.15) is 4.31 Å². The van der Waals surface area contributed by atoms with Crippen molar-refractivity contribution in [3.63, 3.8) is 0 Å². The molecule has 36 heavy (non-hydrogen) atoms. The van der Waals surface area contributed by atoms with Crippen LogP contribution in [-0.2, 0) is 14.8 Å². The summed E-state index contributed by atoms with van der Waals surface area (Å²) >= 11 is 6.15. The van der Waals surface area contributed by atoms with Crippen molar-refractivity contribution in [2.24, 2.45) is 0 Å². The van der Waals surface area contributed by atoms with Gasteiger partial charge in [0.15, 0.2) is 0 Å². The molecule has 1 aliphatic carbocycles. The lowest BCUT2D eigenvalue weighted by atomic mass is 9.97. The third-order valence-electron chi connectivity index (χ3n) is 6.57. The highest BCUT2D eigenvalue weighted by Crippen LogP contribution is 2.36. The average molecular weight is 526 g/mol. The fourth-order valence-corrected chi connectivity index (χ4v) is 6.55. The Morgan fingerprint density at radius 1 is 1.17 bits per heavy atom. The van der Waals surface area contributed by atoms with Gasteiger partial charge in [0.2, 0.25) is 15.9 Å². The van der Waals surface area contributed by atoms with Crippen molar-refractivity contribution in [1.82, 2.24) is 14.2 Å². The van der Waals surface area contributed by atoms with E-state index in [4.69, 9.17) is 21.1 Å². The van der Waals surface area contributed by atoms with E-state index < -0.39 is 10.0 Å². The predicted molar refractivity (Wildman–Crippen MR) is 140 cm³/mol. The zero-order valence-corrected chi connectivity index (χ0v) is 21.6. The summed E-state index contributed by atoms with van der Waals surface area (Å²) in [6, 6.07) is 10.5. The van der Waals surface area contributed by atoms with Crippen molar-refractivity contribution in [1.29, 1.82) is 0 Å². The molecule has 1 aromatic carbocycles. The van der Waals surface area contributed by atoms with Gasteiger partial charge in [0.05, 0.1) is 5.02 Å². The lowest BCUT2D eigenvalue weighted by molar-refractivity contribution is 0.164. The van der Waals surface area contributed by atoms with E-state index >= 15 is 0 Å². The summed E-state index contributed by atoms with van der Waals surface area (Å²) in [7, 11) is -1.91. The number of nitrogens with zero attached hydrogens (tertiary/aromatic N) is 3. The number of rotatable bonds is 6. The van der Waals surface area contributed by atoms with E-state index in [9.17, 15) is 8.42 Å². The molecule has 1 atom stereocenters. The van der Waals surface area contributed by atoms with Crippen LogP contribution in [0.1, 0.15) is 12.0 Å². The number of aromatic nitrogens is 1. The molecule has 5 rings (SSSR count). The third-order valence-corrected chi connectivity index (χ3v) is 8.97. The van der Waals surface area contributed by atoms with Crippen molar-refractivity contribution < 1.29 is 17.9 Å². The van der Waals surface area contributed by atoms with Gasteiger partial charge in [-0.25, -0.2) is 13.4 Å². The van der Waals surface area contributed by atoms with Crippen molar-refractivity contribution in [3.05, 3.63) is 94.9 Å². The molecule has 1 saturated heterocycles. The van der Waals surface area contributed by atoms with Gasteiger partial charge >= 0.3 is 0 Å². The van der Waals surface area contributed by atoms with Gasteiger partial charge in [-0.1, -0.05) is 42.0 Å². The van der Waals surface area contributed by atoms with Crippen molar-refractivity contribution in [3.8, 4) is 5.88 Å². The monoisotopic (exact) mass is 525 g/mol. The first-order valence-corrected chi connectivity index (χ1v) is 13.7. The molecule has 188 valence electrons. The van der Waals surface area contributed by atoms with Gasteiger partial charge in [0, 0.05) is 57.2 Å². The highest BCUT2D eigenvalue weighted by Gasteiger charge is 2.30. The molecule has 1 fully saturated rings. The molecule has 0 spiro atoms. The summed E-state index contributed by atoms with van der Waals surface area (Å²) in [5.74, 6) is 1.31. The molecule has 0 bridgehead atoms. The van der Waals surface area contributed by atoms with E-state index in [-0.39, 0.29) is 16.0 Å². The van der Waals surface area contributed by atoms with Gasteiger partial charge in [-0.15, -0.1) is 0 Å². The van der Waals surface area contributed by atoms with Crippen LogP contribution in [0.15, 0.2) is 89.2 Å². The van der Waals surface area contributed by atoms with Crippen molar-refractivity contribution >= 4 is 27.2 Å². The number of methoxy groups -OCH3 is 1. The summed E-state index contributed by atoms with van der Waals surface area (Å²) in [6.45, 7) is 3.02. The highest BCUT2D eigenvalue weighted by atomic mass is 35.5. The fourth-order valence-electron chi connectivity index (χ4n) is 4.64. The minimum absolute atomic E-state index is 0.168.